The average Bonchev–Trinajstić information content (AvgIpc) is 3.31. The number of carbonyl (C=O) groups is 2. The summed E-state index contributed by atoms with van der Waals surface area (Å²) in [5.41, 5.74) is 1.94. The first-order valence-electron chi connectivity index (χ1n) is 10.0. The quantitative estimate of drug-likeness (QED) is 0.352. The van der Waals surface area contributed by atoms with Gasteiger partial charge in [-0.15, -0.1) is 11.3 Å². The molecule has 0 spiro atoms. The second-order valence-corrected chi connectivity index (χ2v) is 7.53. The van der Waals surface area contributed by atoms with Gasteiger partial charge in [0.05, 0.1) is 17.9 Å². The van der Waals surface area contributed by atoms with Crippen LogP contribution in [0.25, 0.3) is 10.6 Å². The molecule has 1 N–H and O–H groups in total. The van der Waals surface area contributed by atoms with Crippen molar-refractivity contribution >= 4 is 28.9 Å². The second-order valence-electron chi connectivity index (χ2n) is 6.67. The van der Waals surface area contributed by atoms with Gasteiger partial charge < -0.3 is 14.8 Å². The van der Waals surface area contributed by atoms with Crippen molar-refractivity contribution in [3.8, 4) is 22.1 Å². The molecule has 0 bridgehead atoms. The number of nitrogens with one attached hydrogen (secondary N) is 1. The average molecular weight is 445 g/mol. The van der Waals surface area contributed by atoms with E-state index >= 15 is 0 Å². The van der Waals surface area contributed by atoms with Gasteiger partial charge in [-0.2, -0.15) is 0 Å². The van der Waals surface area contributed by atoms with Gasteiger partial charge >= 0.3 is 5.97 Å². The number of thiazole rings is 1. The number of para-hydroxylation sites is 3. The first-order valence-corrected chi connectivity index (χ1v) is 10.9. The summed E-state index contributed by atoms with van der Waals surface area (Å²) in [5, 5.41) is 5.20. The molecule has 1 aromatic heterocycles. The van der Waals surface area contributed by atoms with Gasteiger partial charge in [0.15, 0.2) is 5.69 Å². The van der Waals surface area contributed by atoms with E-state index in [0.717, 1.165) is 0 Å². The zero-order valence-corrected chi connectivity index (χ0v) is 18.1. The number of benzene rings is 3. The Morgan fingerprint density at radius 1 is 0.938 bits per heavy atom. The Morgan fingerprint density at radius 3 is 2.47 bits per heavy atom. The maximum Gasteiger partial charge on any atom is 0.357 e. The van der Waals surface area contributed by atoms with Crippen molar-refractivity contribution in [2.45, 2.75) is 6.92 Å². The molecule has 3 aromatic carbocycles. The molecule has 6 nitrogen and oxygen atoms in total. The first kappa shape index (κ1) is 21.3. The number of rotatable bonds is 7. The Balaban J connectivity index is 1.59. The minimum absolute atomic E-state index is 0.245. The summed E-state index contributed by atoms with van der Waals surface area (Å²) in [6.45, 7) is 2.03. The summed E-state index contributed by atoms with van der Waals surface area (Å²) in [6, 6.07) is 23.7. The predicted octanol–water partition coefficient (Wildman–Crippen LogP) is 6.03. The highest BCUT2D eigenvalue weighted by Gasteiger charge is 2.18. The lowest BCUT2D eigenvalue weighted by molar-refractivity contribution is 0.0520. The lowest BCUT2D eigenvalue weighted by Crippen LogP contribution is -2.13. The van der Waals surface area contributed by atoms with Crippen LogP contribution >= 0.6 is 11.3 Å². The third-order valence-corrected chi connectivity index (χ3v) is 5.37. The van der Waals surface area contributed by atoms with Crippen LogP contribution in [-0.2, 0) is 4.74 Å². The summed E-state index contributed by atoms with van der Waals surface area (Å²) in [6.07, 6.45) is 0. The fourth-order valence-corrected chi connectivity index (χ4v) is 3.85. The number of anilines is 1. The van der Waals surface area contributed by atoms with Gasteiger partial charge in [0.1, 0.15) is 16.5 Å². The standard InChI is InChI=1S/C25H20N2O4S/c1-2-30-25(29)21-16-32-24(27-21)18-12-6-8-14-20(18)26-23(28)19-13-7-9-15-22(19)31-17-10-4-3-5-11-17/h3-16H,2H2,1H3,(H,26,28). The van der Waals surface area contributed by atoms with Crippen LogP contribution in [0.3, 0.4) is 0 Å². The smallest absolute Gasteiger partial charge is 0.357 e. The molecule has 32 heavy (non-hydrogen) atoms. The number of aromatic nitrogens is 1. The fourth-order valence-electron chi connectivity index (χ4n) is 3.02. The van der Waals surface area contributed by atoms with Crippen LogP contribution in [0.1, 0.15) is 27.8 Å². The number of nitrogens with zero attached hydrogens (tertiary/aromatic N) is 1. The van der Waals surface area contributed by atoms with Crippen molar-refractivity contribution < 1.29 is 19.1 Å². The summed E-state index contributed by atoms with van der Waals surface area (Å²) >= 11 is 1.31. The molecule has 0 aliphatic heterocycles. The lowest BCUT2D eigenvalue weighted by Gasteiger charge is -2.13. The van der Waals surface area contributed by atoms with Crippen LogP contribution < -0.4 is 10.1 Å². The molecule has 0 aliphatic rings. The van der Waals surface area contributed by atoms with E-state index in [1.54, 1.807) is 36.6 Å². The van der Waals surface area contributed by atoms with Crippen LogP contribution in [0.5, 0.6) is 11.5 Å². The minimum Gasteiger partial charge on any atom is -0.461 e. The number of esters is 1. The van der Waals surface area contributed by atoms with E-state index in [9.17, 15) is 9.59 Å². The largest absolute Gasteiger partial charge is 0.461 e. The summed E-state index contributed by atoms with van der Waals surface area (Å²) < 4.78 is 10.9. The molecule has 0 radical (unpaired) electrons. The van der Waals surface area contributed by atoms with Crippen LogP contribution in [-0.4, -0.2) is 23.5 Å². The Hall–Kier alpha value is -3.97. The molecule has 0 aliphatic carbocycles. The monoisotopic (exact) mass is 444 g/mol. The molecule has 4 rings (SSSR count). The van der Waals surface area contributed by atoms with E-state index in [0.29, 0.717) is 33.3 Å². The number of carbonyl (C=O) groups excluding carboxylic acids is 2. The summed E-state index contributed by atoms with van der Waals surface area (Å²) in [4.78, 5) is 29.5. The maximum atomic E-state index is 13.1. The highest BCUT2D eigenvalue weighted by atomic mass is 32.1. The summed E-state index contributed by atoms with van der Waals surface area (Å²) in [5.74, 6) is 0.310. The molecule has 0 atom stereocenters. The SMILES string of the molecule is CCOC(=O)c1csc(-c2ccccc2NC(=O)c2ccccc2Oc2ccccc2)n1. The number of hydrogen-bond acceptors (Lipinski definition) is 6. The molecule has 1 heterocycles. The Morgan fingerprint density at radius 2 is 1.66 bits per heavy atom. The highest BCUT2D eigenvalue weighted by molar-refractivity contribution is 7.13. The Bertz CT molecular complexity index is 1240. The first-order chi connectivity index (χ1) is 15.7. The zero-order valence-electron chi connectivity index (χ0n) is 17.3. The maximum absolute atomic E-state index is 13.1. The van der Waals surface area contributed by atoms with E-state index in [1.807, 2.05) is 54.6 Å². The molecule has 0 saturated carbocycles. The lowest BCUT2D eigenvalue weighted by atomic mass is 10.1. The predicted molar refractivity (Wildman–Crippen MR) is 124 cm³/mol. The molecule has 0 saturated heterocycles. The molecular weight excluding hydrogens is 424 g/mol. The second kappa shape index (κ2) is 9.89. The Kier molecular flexibility index (Phi) is 6.57. The van der Waals surface area contributed by atoms with Crippen molar-refractivity contribution in [2.75, 3.05) is 11.9 Å². The normalized spacial score (nSPS) is 10.4. The fraction of sp³-hybridized carbons (Fsp3) is 0.0800. The van der Waals surface area contributed by atoms with Crippen molar-refractivity contribution in [1.82, 2.24) is 4.98 Å². The number of ether oxygens (including phenoxy) is 2. The molecule has 1 amide bonds. The molecule has 7 heteroatoms. The third-order valence-electron chi connectivity index (χ3n) is 4.50. The number of hydrogen-bond donors (Lipinski definition) is 1. The van der Waals surface area contributed by atoms with E-state index < -0.39 is 5.97 Å². The van der Waals surface area contributed by atoms with Gasteiger partial charge in [-0.3, -0.25) is 4.79 Å². The van der Waals surface area contributed by atoms with E-state index in [4.69, 9.17) is 9.47 Å². The van der Waals surface area contributed by atoms with Gasteiger partial charge in [-0.1, -0.05) is 42.5 Å². The van der Waals surface area contributed by atoms with Crippen molar-refractivity contribution in [1.29, 1.82) is 0 Å². The molecule has 0 fully saturated rings. The molecule has 160 valence electrons. The third kappa shape index (κ3) is 4.84. The summed E-state index contributed by atoms with van der Waals surface area (Å²) in [7, 11) is 0. The van der Waals surface area contributed by atoms with Crippen LogP contribution in [0.2, 0.25) is 0 Å². The van der Waals surface area contributed by atoms with Crippen molar-refractivity contribution in [3.05, 3.63) is 95.5 Å². The van der Waals surface area contributed by atoms with E-state index in [2.05, 4.69) is 10.3 Å². The van der Waals surface area contributed by atoms with Gasteiger partial charge in [0, 0.05) is 10.9 Å². The minimum atomic E-state index is -0.469. The van der Waals surface area contributed by atoms with Crippen LogP contribution in [0.4, 0.5) is 5.69 Å². The van der Waals surface area contributed by atoms with E-state index in [-0.39, 0.29) is 18.2 Å². The zero-order chi connectivity index (χ0) is 22.3. The van der Waals surface area contributed by atoms with E-state index in [1.165, 1.54) is 11.3 Å². The van der Waals surface area contributed by atoms with Crippen molar-refractivity contribution in [2.24, 2.45) is 0 Å². The van der Waals surface area contributed by atoms with Crippen molar-refractivity contribution in [3.63, 3.8) is 0 Å². The van der Waals surface area contributed by atoms with Gasteiger partial charge in [-0.05, 0) is 43.3 Å². The highest BCUT2D eigenvalue weighted by Crippen LogP contribution is 2.32. The Labute approximate surface area is 189 Å². The van der Waals surface area contributed by atoms with Gasteiger partial charge in [0.2, 0.25) is 0 Å². The molecular formula is C25H20N2O4S. The molecule has 4 aromatic rings. The van der Waals surface area contributed by atoms with Crippen LogP contribution in [0.15, 0.2) is 84.2 Å². The van der Waals surface area contributed by atoms with Crippen LogP contribution in [0, 0.1) is 0 Å². The number of amides is 1. The molecule has 0 unspecified atom stereocenters. The topological polar surface area (TPSA) is 77.5 Å². The van der Waals surface area contributed by atoms with Gasteiger partial charge in [-0.25, -0.2) is 9.78 Å². The van der Waals surface area contributed by atoms with Gasteiger partial charge in [0.25, 0.3) is 5.91 Å².